The molecule has 1 aliphatic rings. The summed E-state index contributed by atoms with van der Waals surface area (Å²) in [4.78, 5) is 14.4. The summed E-state index contributed by atoms with van der Waals surface area (Å²) >= 11 is 0. The molecule has 0 spiro atoms. The molecule has 1 saturated carbocycles. The molecule has 3 unspecified atom stereocenters. The van der Waals surface area contributed by atoms with Crippen LogP contribution in [0, 0.1) is 0 Å². The zero-order chi connectivity index (χ0) is 16.0. The first-order valence-electron chi connectivity index (χ1n) is 8.63. The third-order valence-corrected chi connectivity index (χ3v) is 4.86. The first-order valence-corrected chi connectivity index (χ1v) is 8.63. The van der Waals surface area contributed by atoms with E-state index in [1.54, 1.807) is 0 Å². The smallest absolute Gasteiger partial charge is 0.323 e. The van der Waals surface area contributed by atoms with E-state index in [9.17, 15) is 9.90 Å². The van der Waals surface area contributed by atoms with Gasteiger partial charge in [-0.1, -0.05) is 20.3 Å². The van der Waals surface area contributed by atoms with Gasteiger partial charge in [-0.25, -0.2) is 0 Å². The minimum absolute atomic E-state index is 0.201. The van der Waals surface area contributed by atoms with Crippen molar-refractivity contribution in [2.24, 2.45) is 0 Å². The highest BCUT2D eigenvalue weighted by atomic mass is 16.4. The predicted octanol–water partition coefficient (Wildman–Crippen LogP) is 3.26. The van der Waals surface area contributed by atoms with Crippen LogP contribution in [-0.2, 0) is 4.79 Å². The van der Waals surface area contributed by atoms with E-state index in [-0.39, 0.29) is 6.04 Å². The number of nitrogens with zero attached hydrogens (tertiary/aromatic N) is 1. The number of carboxylic acid groups (broad SMARTS) is 1. The Morgan fingerprint density at radius 1 is 1.38 bits per heavy atom. The van der Waals surface area contributed by atoms with Gasteiger partial charge in [0.05, 0.1) is 0 Å². The molecular weight excluding hydrogens is 264 g/mol. The summed E-state index contributed by atoms with van der Waals surface area (Å²) in [6, 6.07) is 1.13. The highest BCUT2D eigenvalue weighted by Gasteiger charge is 2.47. The molecule has 0 aromatic rings. The van der Waals surface area contributed by atoms with Crippen molar-refractivity contribution in [1.82, 2.24) is 10.2 Å². The van der Waals surface area contributed by atoms with Crippen LogP contribution in [0.1, 0.15) is 73.1 Å². The summed E-state index contributed by atoms with van der Waals surface area (Å²) in [5, 5.41) is 13.0. The lowest BCUT2D eigenvalue weighted by Crippen LogP contribution is -2.54. The quantitative estimate of drug-likeness (QED) is 0.686. The molecular formula is C17H34N2O2. The molecule has 21 heavy (non-hydrogen) atoms. The molecule has 2 N–H and O–H groups in total. The van der Waals surface area contributed by atoms with Crippen LogP contribution in [0.4, 0.5) is 0 Å². The lowest BCUT2D eigenvalue weighted by atomic mass is 9.95. The second-order valence-electron chi connectivity index (χ2n) is 6.93. The van der Waals surface area contributed by atoms with E-state index < -0.39 is 11.5 Å². The van der Waals surface area contributed by atoms with Gasteiger partial charge in [-0.05, 0) is 59.4 Å². The summed E-state index contributed by atoms with van der Waals surface area (Å²) in [5.74, 6) is -0.682. The molecule has 0 aromatic heterocycles. The summed E-state index contributed by atoms with van der Waals surface area (Å²) in [7, 11) is 0. The van der Waals surface area contributed by atoms with E-state index in [1.165, 1.54) is 12.8 Å². The lowest BCUT2D eigenvalue weighted by Gasteiger charge is -2.36. The largest absolute Gasteiger partial charge is 0.480 e. The number of nitrogens with one attached hydrogen (secondary N) is 1. The number of aliphatic carboxylic acids is 1. The minimum Gasteiger partial charge on any atom is -0.480 e. The Morgan fingerprint density at radius 3 is 2.52 bits per heavy atom. The fourth-order valence-electron chi connectivity index (χ4n) is 3.58. The average Bonchev–Trinajstić information content (AvgIpc) is 2.83. The molecule has 1 aliphatic carbocycles. The molecule has 124 valence electrons. The average molecular weight is 298 g/mol. The van der Waals surface area contributed by atoms with E-state index >= 15 is 0 Å². The zero-order valence-electron chi connectivity index (χ0n) is 14.5. The fraction of sp³-hybridized carbons (Fsp3) is 0.941. The van der Waals surface area contributed by atoms with Gasteiger partial charge in [-0.3, -0.25) is 15.0 Å². The maximum absolute atomic E-state index is 11.8. The van der Waals surface area contributed by atoms with Gasteiger partial charge in [0.15, 0.2) is 0 Å². The molecule has 4 nitrogen and oxygen atoms in total. The summed E-state index contributed by atoms with van der Waals surface area (Å²) in [6.07, 6.45) is 5.96. The SMILES string of the molecule is CCCCN(C(C)CC)C1CCC(NC(C)C)(C(=O)O)C1. The Hall–Kier alpha value is -0.610. The van der Waals surface area contributed by atoms with E-state index in [0.717, 1.165) is 32.2 Å². The maximum Gasteiger partial charge on any atom is 0.323 e. The second kappa shape index (κ2) is 8.14. The van der Waals surface area contributed by atoms with E-state index in [4.69, 9.17) is 0 Å². The van der Waals surface area contributed by atoms with Crippen molar-refractivity contribution >= 4 is 5.97 Å². The van der Waals surface area contributed by atoms with Crippen LogP contribution in [0.25, 0.3) is 0 Å². The Morgan fingerprint density at radius 2 is 2.05 bits per heavy atom. The number of carbonyl (C=O) groups is 1. The molecule has 1 rings (SSSR count). The van der Waals surface area contributed by atoms with Crippen molar-refractivity contribution in [1.29, 1.82) is 0 Å². The van der Waals surface area contributed by atoms with Crippen LogP contribution in [0.3, 0.4) is 0 Å². The molecule has 4 heteroatoms. The van der Waals surface area contributed by atoms with Gasteiger partial charge in [-0.2, -0.15) is 0 Å². The number of rotatable bonds is 9. The summed E-state index contributed by atoms with van der Waals surface area (Å²) in [6.45, 7) is 11.9. The molecule has 0 bridgehead atoms. The first kappa shape index (κ1) is 18.4. The topological polar surface area (TPSA) is 52.6 Å². The van der Waals surface area contributed by atoms with Crippen LogP contribution in [0.2, 0.25) is 0 Å². The normalized spacial score (nSPS) is 27.5. The second-order valence-corrected chi connectivity index (χ2v) is 6.93. The predicted molar refractivity (Wildman–Crippen MR) is 87.6 cm³/mol. The molecule has 3 atom stereocenters. The van der Waals surface area contributed by atoms with Crippen molar-refractivity contribution < 1.29 is 9.90 Å². The maximum atomic E-state index is 11.8. The van der Waals surface area contributed by atoms with Crippen molar-refractivity contribution in [2.75, 3.05) is 6.54 Å². The molecule has 0 saturated heterocycles. The fourth-order valence-corrected chi connectivity index (χ4v) is 3.58. The number of hydrogen-bond donors (Lipinski definition) is 2. The van der Waals surface area contributed by atoms with Crippen LogP contribution in [-0.4, -0.2) is 46.2 Å². The number of carboxylic acids is 1. The molecule has 0 aromatic carbocycles. The third-order valence-electron chi connectivity index (χ3n) is 4.86. The number of hydrogen-bond acceptors (Lipinski definition) is 3. The Kier molecular flexibility index (Phi) is 7.14. The monoisotopic (exact) mass is 298 g/mol. The van der Waals surface area contributed by atoms with Crippen LogP contribution >= 0.6 is 0 Å². The molecule has 0 aliphatic heterocycles. The number of unbranched alkanes of at least 4 members (excludes halogenated alkanes) is 1. The first-order chi connectivity index (χ1) is 9.86. The third kappa shape index (κ3) is 4.68. The highest BCUT2D eigenvalue weighted by molar-refractivity contribution is 5.79. The lowest BCUT2D eigenvalue weighted by molar-refractivity contribution is -0.145. The van der Waals surface area contributed by atoms with Crippen LogP contribution < -0.4 is 5.32 Å². The van der Waals surface area contributed by atoms with Crippen molar-refractivity contribution in [3.8, 4) is 0 Å². The van der Waals surface area contributed by atoms with Crippen molar-refractivity contribution in [3.05, 3.63) is 0 Å². The van der Waals surface area contributed by atoms with Gasteiger partial charge in [-0.15, -0.1) is 0 Å². The van der Waals surface area contributed by atoms with Crippen molar-refractivity contribution in [2.45, 2.75) is 96.8 Å². The Balaban J connectivity index is 2.81. The molecule has 0 heterocycles. The minimum atomic E-state index is -0.725. The van der Waals surface area contributed by atoms with E-state index in [0.29, 0.717) is 12.1 Å². The highest BCUT2D eigenvalue weighted by Crippen LogP contribution is 2.35. The van der Waals surface area contributed by atoms with Crippen molar-refractivity contribution in [3.63, 3.8) is 0 Å². The molecule has 0 amide bonds. The summed E-state index contributed by atoms with van der Waals surface area (Å²) < 4.78 is 0. The van der Waals surface area contributed by atoms with Gasteiger partial charge < -0.3 is 5.11 Å². The van der Waals surface area contributed by atoms with E-state index in [1.807, 2.05) is 13.8 Å². The zero-order valence-corrected chi connectivity index (χ0v) is 14.5. The van der Waals surface area contributed by atoms with Gasteiger partial charge in [0.1, 0.15) is 5.54 Å². The van der Waals surface area contributed by atoms with Gasteiger partial charge in [0, 0.05) is 18.1 Å². The van der Waals surface area contributed by atoms with Gasteiger partial charge in [0.2, 0.25) is 0 Å². The Labute approximate surface area is 130 Å². The van der Waals surface area contributed by atoms with Crippen LogP contribution in [0.15, 0.2) is 0 Å². The Bertz CT molecular complexity index is 333. The molecule has 1 fully saturated rings. The summed E-state index contributed by atoms with van der Waals surface area (Å²) in [5.41, 5.74) is -0.725. The van der Waals surface area contributed by atoms with E-state index in [2.05, 4.69) is 31.0 Å². The van der Waals surface area contributed by atoms with Gasteiger partial charge in [0.25, 0.3) is 0 Å². The van der Waals surface area contributed by atoms with Gasteiger partial charge >= 0.3 is 5.97 Å². The standard InChI is InChI=1S/C17H34N2O2/c1-6-8-11-19(14(5)7-2)15-9-10-17(12-15,16(20)21)18-13(3)4/h13-15,18H,6-12H2,1-5H3,(H,20,21). The molecule has 0 radical (unpaired) electrons. The van der Waals surface area contributed by atoms with Crippen LogP contribution in [0.5, 0.6) is 0 Å².